The highest BCUT2D eigenvalue weighted by atomic mass is 35.5. The smallest absolute Gasteiger partial charge is 0.263 e. The quantitative estimate of drug-likeness (QED) is 0.432. The van der Waals surface area contributed by atoms with Crippen molar-refractivity contribution in [1.29, 1.82) is 5.26 Å². The number of nitriles is 1. The first-order valence-electron chi connectivity index (χ1n) is 6.76. The zero-order chi connectivity index (χ0) is 16.4. The molecule has 0 radical (unpaired) electrons. The first kappa shape index (κ1) is 18.3. The average Bonchev–Trinajstić information content (AvgIpc) is 2.51. The van der Waals surface area contributed by atoms with E-state index in [9.17, 15) is 4.79 Å². The van der Waals surface area contributed by atoms with Gasteiger partial charge in [-0.1, -0.05) is 23.2 Å². The molecule has 118 valence electrons. The Labute approximate surface area is 139 Å². The van der Waals surface area contributed by atoms with E-state index in [0.717, 1.165) is 0 Å². The van der Waals surface area contributed by atoms with Crippen LogP contribution in [-0.2, 0) is 9.53 Å². The number of rotatable bonds is 8. The minimum Gasteiger partial charge on any atom is -0.382 e. The van der Waals surface area contributed by atoms with Gasteiger partial charge in [-0.05, 0) is 31.5 Å². The Morgan fingerprint density at radius 3 is 2.82 bits per heavy atom. The molecule has 0 atom stereocenters. The Morgan fingerprint density at radius 2 is 2.18 bits per heavy atom. The maximum absolute atomic E-state index is 11.8. The molecule has 1 rings (SSSR count). The normalized spacial score (nSPS) is 10.9. The molecule has 7 heteroatoms. The lowest BCUT2D eigenvalue weighted by atomic mass is 10.2. The first-order chi connectivity index (χ1) is 10.6. The summed E-state index contributed by atoms with van der Waals surface area (Å²) in [5, 5.41) is 15.3. The fourth-order valence-electron chi connectivity index (χ4n) is 1.51. The third-order valence-corrected chi connectivity index (χ3v) is 3.36. The molecule has 0 aliphatic heterocycles. The molecule has 5 nitrogen and oxygen atoms in total. The van der Waals surface area contributed by atoms with Crippen LogP contribution in [0.25, 0.3) is 0 Å². The zero-order valence-electron chi connectivity index (χ0n) is 12.2. The van der Waals surface area contributed by atoms with Crippen molar-refractivity contribution in [3.63, 3.8) is 0 Å². The number of ether oxygens (including phenoxy) is 1. The van der Waals surface area contributed by atoms with Crippen LogP contribution in [0.2, 0.25) is 10.0 Å². The molecular formula is C15H17Cl2N3O2. The summed E-state index contributed by atoms with van der Waals surface area (Å²) in [6, 6.07) is 6.77. The second-order valence-corrected chi connectivity index (χ2v) is 5.06. The molecular weight excluding hydrogens is 325 g/mol. The highest BCUT2D eigenvalue weighted by Gasteiger charge is 2.08. The Bertz CT molecular complexity index is 583. The highest BCUT2D eigenvalue weighted by molar-refractivity contribution is 6.42. The third kappa shape index (κ3) is 6.35. The van der Waals surface area contributed by atoms with Crippen molar-refractivity contribution in [3.05, 3.63) is 40.0 Å². The van der Waals surface area contributed by atoms with E-state index in [4.69, 9.17) is 33.2 Å². The molecule has 0 unspecified atom stereocenters. The van der Waals surface area contributed by atoms with E-state index in [1.165, 1.54) is 6.20 Å². The van der Waals surface area contributed by atoms with E-state index in [-0.39, 0.29) is 5.57 Å². The molecule has 1 aromatic rings. The number of amides is 1. The molecule has 2 N–H and O–H groups in total. The molecule has 0 spiro atoms. The van der Waals surface area contributed by atoms with E-state index in [1.807, 2.05) is 13.0 Å². The van der Waals surface area contributed by atoms with Crippen LogP contribution in [0, 0.1) is 11.3 Å². The summed E-state index contributed by atoms with van der Waals surface area (Å²) in [6.07, 6.45) is 2.02. The van der Waals surface area contributed by atoms with Crippen LogP contribution in [0.3, 0.4) is 0 Å². The van der Waals surface area contributed by atoms with E-state index in [0.29, 0.717) is 41.9 Å². The lowest BCUT2D eigenvalue weighted by Gasteiger charge is -2.06. The predicted octanol–water partition coefficient (Wildman–Crippen LogP) is 3.36. The van der Waals surface area contributed by atoms with E-state index in [2.05, 4.69) is 10.6 Å². The summed E-state index contributed by atoms with van der Waals surface area (Å²) in [5.41, 5.74) is 0.605. The molecule has 0 saturated carbocycles. The van der Waals surface area contributed by atoms with Gasteiger partial charge in [-0.25, -0.2) is 0 Å². The minimum atomic E-state index is -0.438. The van der Waals surface area contributed by atoms with Crippen LogP contribution < -0.4 is 10.6 Å². The number of nitrogens with zero attached hydrogens (tertiary/aromatic N) is 1. The first-order valence-corrected chi connectivity index (χ1v) is 7.52. The van der Waals surface area contributed by atoms with Gasteiger partial charge in [0.2, 0.25) is 0 Å². The summed E-state index contributed by atoms with van der Waals surface area (Å²) in [6.45, 7) is 3.57. The number of hydrogen-bond acceptors (Lipinski definition) is 4. The lowest BCUT2D eigenvalue weighted by Crippen LogP contribution is -2.26. The maximum atomic E-state index is 11.8. The molecule has 0 aromatic heterocycles. The second kappa shape index (κ2) is 10.1. The fourth-order valence-corrected chi connectivity index (χ4v) is 1.80. The van der Waals surface area contributed by atoms with Gasteiger partial charge in [0.25, 0.3) is 5.91 Å². The van der Waals surface area contributed by atoms with Gasteiger partial charge in [0, 0.05) is 31.6 Å². The van der Waals surface area contributed by atoms with Gasteiger partial charge in [0.15, 0.2) is 0 Å². The van der Waals surface area contributed by atoms with Crippen LogP contribution in [0.5, 0.6) is 0 Å². The van der Waals surface area contributed by atoms with Crippen LogP contribution in [0.15, 0.2) is 30.0 Å². The number of carbonyl (C=O) groups excluding carboxylic acids is 1. The number of nitrogens with one attached hydrogen (secondary N) is 2. The van der Waals surface area contributed by atoms with Gasteiger partial charge >= 0.3 is 0 Å². The molecule has 0 aliphatic rings. The van der Waals surface area contributed by atoms with Gasteiger partial charge in [0.1, 0.15) is 11.6 Å². The van der Waals surface area contributed by atoms with Gasteiger partial charge < -0.3 is 15.4 Å². The minimum absolute atomic E-state index is 0.0255. The molecule has 1 amide bonds. The summed E-state index contributed by atoms with van der Waals surface area (Å²) in [7, 11) is 0. The summed E-state index contributed by atoms with van der Waals surface area (Å²) >= 11 is 11.7. The number of carbonyl (C=O) groups is 1. The van der Waals surface area contributed by atoms with Crippen molar-refractivity contribution in [2.75, 3.05) is 25.1 Å². The van der Waals surface area contributed by atoms with Gasteiger partial charge in [-0.15, -0.1) is 0 Å². The second-order valence-electron chi connectivity index (χ2n) is 4.25. The van der Waals surface area contributed by atoms with Crippen LogP contribution >= 0.6 is 23.2 Å². The molecule has 0 aliphatic carbocycles. The van der Waals surface area contributed by atoms with Crippen molar-refractivity contribution in [3.8, 4) is 6.07 Å². The largest absolute Gasteiger partial charge is 0.382 e. The standard InChI is InChI=1S/C15H17Cl2N3O2/c1-2-22-7-3-6-19-15(21)11(9-18)10-20-12-4-5-13(16)14(17)8-12/h4-5,8,10,20H,2-3,6-7H2,1H3,(H,19,21)/b11-10-. The topological polar surface area (TPSA) is 74.1 Å². The van der Waals surface area contributed by atoms with E-state index >= 15 is 0 Å². The monoisotopic (exact) mass is 341 g/mol. The third-order valence-electron chi connectivity index (χ3n) is 2.62. The average molecular weight is 342 g/mol. The fraction of sp³-hybridized carbons (Fsp3) is 0.333. The van der Waals surface area contributed by atoms with Crippen LogP contribution in [0.1, 0.15) is 13.3 Å². The van der Waals surface area contributed by atoms with Gasteiger partial charge in [0.05, 0.1) is 10.0 Å². The summed E-state index contributed by atoms with van der Waals surface area (Å²) in [5.74, 6) is -0.438. The lowest BCUT2D eigenvalue weighted by molar-refractivity contribution is -0.117. The van der Waals surface area contributed by atoms with E-state index < -0.39 is 5.91 Å². The van der Waals surface area contributed by atoms with Gasteiger partial charge in [-0.3, -0.25) is 4.79 Å². The molecule has 22 heavy (non-hydrogen) atoms. The van der Waals surface area contributed by atoms with E-state index in [1.54, 1.807) is 18.2 Å². The number of halogens is 2. The number of anilines is 1. The van der Waals surface area contributed by atoms with Crippen LogP contribution in [0.4, 0.5) is 5.69 Å². The van der Waals surface area contributed by atoms with Crippen molar-refractivity contribution in [1.82, 2.24) is 5.32 Å². The van der Waals surface area contributed by atoms with Crippen molar-refractivity contribution in [2.24, 2.45) is 0 Å². The SMILES string of the molecule is CCOCCCNC(=O)/C(C#N)=C\Nc1ccc(Cl)c(Cl)c1. The molecule has 1 aromatic carbocycles. The summed E-state index contributed by atoms with van der Waals surface area (Å²) in [4.78, 5) is 11.8. The zero-order valence-corrected chi connectivity index (χ0v) is 13.7. The Balaban J connectivity index is 2.53. The Kier molecular flexibility index (Phi) is 8.38. The predicted molar refractivity (Wildman–Crippen MR) is 87.9 cm³/mol. The number of benzene rings is 1. The van der Waals surface area contributed by atoms with Crippen molar-refractivity contribution < 1.29 is 9.53 Å². The summed E-state index contributed by atoms with van der Waals surface area (Å²) < 4.78 is 5.16. The Hall–Kier alpha value is -1.74. The van der Waals surface area contributed by atoms with Crippen LogP contribution in [-0.4, -0.2) is 25.7 Å². The Morgan fingerprint density at radius 1 is 1.41 bits per heavy atom. The highest BCUT2D eigenvalue weighted by Crippen LogP contribution is 2.25. The molecule has 0 heterocycles. The van der Waals surface area contributed by atoms with Gasteiger partial charge in [-0.2, -0.15) is 5.26 Å². The molecule has 0 bridgehead atoms. The van der Waals surface area contributed by atoms with Crippen molar-refractivity contribution >= 4 is 34.8 Å². The molecule has 0 saturated heterocycles. The number of hydrogen-bond donors (Lipinski definition) is 2. The van der Waals surface area contributed by atoms with Crippen molar-refractivity contribution in [2.45, 2.75) is 13.3 Å². The molecule has 0 fully saturated rings. The maximum Gasteiger partial charge on any atom is 0.263 e.